The van der Waals surface area contributed by atoms with Gasteiger partial charge in [0.2, 0.25) is 0 Å². The van der Waals surface area contributed by atoms with E-state index >= 15 is 0 Å². The summed E-state index contributed by atoms with van der Waals surface area (Å²) in [6.45, 7) is 4.77. The fraction of sp³-hybridized carbons (Fsp3) is 0.0649. The molecule has 2 heteroatoms. The predicted molar refractivity (Wildman–Crippen MR) is 327 cm³/mol. The lowest BCUT2D eigenvalue weighted by atomic mass is 9.65. The Kier molecular flexibility index (Phi) is 9.07. The summed E-state index contributed by atoms with van der Waals surface area (Å²) in [7, 11) is 0. The van der Waals surface area contributed by atoms with E-state index in [1.807, 2.05) is 0 Å². The summed E-state index contributed by atoms with van der Waals surface area (Å²) >= 11 is 0. The molecule has 12 aromatic carbocycles. The van der Waals surface area contributed by atoms with E-state index in [4.69, 9.17) is 0 Å². The molecule has 1 spiro atoms. The van der Waals surface area contributed by atoms with Crippen LogP contribution < -0.4 is 4.90 Å². The Labute approximate surface area is 460 Å². The first-order valence-electron chi connectivity index (χ1n) is 27.8. The van der Waals surface area contributed by atoms with Crippen molar-refractivity contribution in [2.45, 2.75) is 30.1 Å². The summed E-state index contributed by atoms with van der Waals surface area (Å²) < 4.78 is 2.53. The van der Waals surface area contributed by atoms with Gasteiger partial charge in [0.1, 0.15) is 0 Å². The average molecular weight is 1010 g/mol. The number of nitrogens with zero attached hydrogens (tertiary/aromatic N) is 2. The van der Waals surface area contributed by atoms with Crippen LogP contribution >= 0.6 is 0 Å². The van der Waals surface area contributed by atoms with E-state index in [0.29, 0.717) is 0 Å². The van der Waals surface area contributed by atoms with Crippen molar-refractivity contribution in [2.75, 3.05) is 4.90 Å². The highest BCUT2D eigenvalue weighted by Crippen LogP contribution is 2.63. The smallest absolute Gasteiger partial charge is 0.0754 e. The standard InChI is InChI=1S/C77H52N2/c1-75(2)62-30-13-9-25-55(62)57-46-44-54(48-68(57)75)78(72-38-20-34-66-73(72)61-28-11-15-32-64(61)76(66,51-21-5-3-6-22-51)52-23-7-4-8-24-52)53-42-39-49(40-43-53)50-41-45-58-56-26-10-14-31-63(56)77(69(58)47-50)65-33-16-18-37-71(65)79-70-36-17-12-27-59(70)60-29-19-35-67(77)74(60)79/h3-48H,1-2H3. The number of anilines is 3. The molecular formula is C77H52N2. The van der Waals surface area contributed by atoms with Crippen LogP contribution in [0.1, 0.15) is 69.5 Å². The van der Waals surface area contributed by atoms with Crippen LogP contribution in [0.5, 0.6) is 0 Å². The van der Waals surface area contributed by atoms with Gasteiger partial charge in [-0.2, -0.15) is 0 Å². The predicted octanol–water partition coefficient (Wildman–Crippen LogP) is 19.3. The minimum Gasteiger partial charge on any atom is -0.310 e. The number of hydrogen-bond donors (Lipinski definition) is 0. The van der Waals surface area contributed by atoms with E-state index in [1.165, 1.54) is 128 Å². The topological polar surface area (TPSA) is 8.17 Å². The van der Waals surface area contributed by atoms with E-state index in [9.17, 15) is 0 Å². The molecule has 1 atom stereocenters. The number of aromatic nitrogens is 1. The van der Waals surface area contributed by atoms with Crippen molar-refractivity contribution in [1.29, 1.82) is 0 Å². The third-order valence-electron chi connectivity index (χ3n) is 18.7. The number of rotatable bonds is 6. The van der Waals surface area contributed by atoms with Crippen molar-refractivity contribution in [1.82, 2.24) is 4.57 Å². The van der Waals surface area contributed by atoms with E-state index in [1.54, 1.807) is 0 Å². The number of fused-ring (bicyclic) bond motifs is 18. The van der Waals surface area contributed by atoms with Gasteiger partial charge in [-0.15, -0.1) is 0 Å². The Bertz CT molecular complexity index is 4650. The molecule has 79 heavy (non-hydrogen) atoms. The third kappa shape index (κ3) is 5.70. The molecule has 3 aliphatic carbocycles. The van der Waals surface area contributed by atoms with Gasteiger partial charge in [-0.05, 0) is 143 Å². The number of para-hydroxylation sites is 3. The Balaban J connectivity index is 0.872. The van der Waals surface area contributed by atoms with E-state index in [-0.39, 0.29) is 5.41 Å². The second kappa shape index (κ2) is 16.1. The molecule has 4 aliphatic rings. The van der Waals surface area contributed by atoms with Gasteiger partial charge in [-0.1, -0.05) is 244 Å². The lowest BCUT2D eigenvalue weighted by Crippen LogP contribution is -2.33. The van der Waals surface area contributed by atoms with Gasteiger partial charge in [-0.25, -0.2) is 0 Å². The maximum atomic E-state index is 2.54. The van der Waals surface area contributed by atoms with Gasteiger partial charge >= 0.3 is 0 Å². The molecule has 0 N–H and O–H groups in total. The monoisotopic (exact) mass is 1000 g/mol. The first kappa shape index (κ1) is 44.4. The van der Waals surface area contributed by atoms with Crippen LogP contribution in [0, 0.1) is 0 Å². The highest BCUT2D eigenvalue weighted by atomic mass is 15.1. The molecule has 1 aromatic heterocycles. The molecule has 0 radical (unpaired) electrons. The van der Waals surface area contributed by atoms with E-state index in [0.717, 1.165) is 17.1 Å². The van der Waals surface area contributed by atoms with Crippen molar-refractivity contribution >= 4 is 38.9 Å². The largest absolute Gasteiger partial charge is 0.310 e. The molecule has 0 fully saturated rings. The highest BCUT2D eigenvalue weighted by Gasteiger charge is 2.51. The minimum absolute atomic E-state index is 0.177. The highest BCUT2D eigenvalue weighted by molar-refractivity contribution is 6.13. The summed E-state index contributed by atoms with van der Waals surface area (Å²) in [6, 6.07) is 106. The van der Waals surface area contributed by atoms with Crippen molar-refractivity contribution in [3.8, 4) is 50.2 Å². The Hall–Kier alpha value is -9.76. The molecule has 370 valence electrons. The molecular weight excluding hydrogens is 953 g/mol. The summed E-state index contributed by atoms with van der Waals surface area (Å²) in [5.74, 6) is 0. The van der Waals surface area contributed by atoms with Gasteiger partial charge in [0.25, 0.3) is 0 Å². The third-order valence-corrected chi connectivity index (χ3v) is 18.7. The summed E-state index contributed by atoms with van der Waals surface area (Å²) in [4.78, 5) is 2.54. The Morgan fingerprint density at radius 1 is 0.316 bits per heavy atom. The van der Waals surface area contributed by atoms with Crippen LogP contribution in [0.4, 0.5) is 17.1 Å². The van der Waals surface area contributed by atoms with Crippen LogP contribution in [0.3, 0.4) is 0 Å². The maximum absolute atomic E-state index is 2.54. The average Bonchev–Trinajstić information content (AvgIpc) is 3.99. The molecule has 17 rings (SSSR count). The second-order valence-electron chi connectivity index (χ2n) is 22.6. The zero-order chi connectivity index (χ0) is 52.2. The van der Waals surface area contributed by atoms with Crippen LogP contribution in [0.15, 0.2) is 279 Å². The van der Waals surface area contributed by atoms with Crippen molar-refractivity contribution < 1.29 is 0 Å². The number of benzene rings is 12. The Morgan fingerprint density at radius 2 is 0.835 bits per heavy atom. The molecule has 0 amide bonds. The summed E-state index contributed by atoms with van der Waals surface area (Å²) in [5.41, 5.74) is 29.1. The molecule has 1 unspecified atom stereocenters. The second-order valence-corrected chi connectivity index (χ2v) is 22.6. The van der Waals surface area contributed by atoms with Gasteiger partial charge in [0, 0.05) is 33.1 Å². The van der Waals surface area contributed by atoms with Crippen molar-refractivity contribution in [2.24, 2.45) is 0 Å². The van der Waals surface area contributed by atoms with Crippen LogP contribution in [-0.4, -0.2) is 4.57 Å². The quantitative estimate of drug-likeness (QED) is 0.161. The molecule has 0 bridgehead atoms. The first-order chi connectivity index (χ1) is 39.0. The molecule has 0 saturated heterocycles. The van der Waals surface area contributed by atoms with Crippen LogP contribution in [0.25, 0.3) is 72.0 Å². The van der Waals surface area contributed by atoms with E-state index in [2.05, 4.69) is 302 Å². The van der Waals surface area contributed by atoms with Gasteiger partial charge in [0.05, 0.1) is 33.2 Å². The molecule has 2 heterocycles. The Morgan fingerprint density at radius 3 is 1.59 bits per heavy atom. The SMILES string of the molecule is CC1(C)c2ccccc2-c2ccc(N(c3ccc(-c4ccc5c(c4)C4(c6ccccc6-5)c5ccccc5-n5c6ccccc6c6cccc4c65)cc3)c3cccc4c3-c3ccccc3C4(c3ccccc3)c3ccccc3)cc21. The lowest BCUT2D eigenvalue weighted by molar-refractivity contribution is 0.660. The minimum atomic E-state index is -0.535. The van der Waals surface area contributed by atoms with Crippen LogP contribution in [-0.2, 0) is 16.2 Å². The zero-order valence-electron chi connectivity index (χ0n) is 44.0. The van der Waals surface area contributed by atoms with Crippen molar-refractivity contribution in [3.63, 3.8) is 0 Å². The van der Waals surface area contributed by atoms with Gasteiger partial charge in [0.15, 0.2) is 0 Å². The number of hydrogen-bond acceptors (Lipinski definition) is 1. The molecule has 1 aliphatic heterocycles. The molecule has 13 aromatic rings. The fourth-order valence-electron chi connectivity index (χ4n) is 15.5. The fourth-order valence-corrected chi connectivity index (χ4v) is 15.5. The summed E-state index contributed by atoms with van der Waals surface area (Å²) in [6.07, 6.45) is 0. The first-order valence-corrected chi connectivity index (χ1v) is 27.8. The van der Waals surface area contributed by atoms with Crippen LogP contribution in [0.2, 0.25) is 0 Å². The lowest BCUT2D eigenvalue weighted by Gasteiger charge is -2.39. The van der Waals surface area contributed by atoms with Crippen molar-refractivity contribution in [3.05, 3.63) is 335 Å². The zero-order valence-corrected chi connectivity index (χ0v) is 44.0. The van der Waals surface area contributed by atoms with Gasteiger partial charge < -0.3 is 9.47 Å². The normalized spacial score (nSPS) is 16.0. The van der Waals surface area contributed by atoms with Gasteiger partial charge in [-0.3, -0.25) is 0 Å². The van der Waals surface area contributed by atoms with E-state index < -0.39 is 10.8 Å². The summed E-state index contributed by atoms with van der Waals surface area (Å²) in [5, 5.41) is 2.57. The maximum Gasteiger partial charge on any atom is 0.0754 e. The molecule has 0 saturated carbocycles. The molecule has 2 nitrogen and oxygen atoms in total.